The van der Waals surface area contributed by atoms with Gasteiger partial charge in [-0.2, -0.15) is 0 Å². The summed E-state index contributed by atoms with van der Waals surface area (Å²) < 4.78 is 16.4. The summed E-state index contributed by atoms with van der Waals surface area (Å²) in [7, 11) is 0. The molecule has 0 spiro atoms. The van der Waals surface area contributed by atoms with Gasteiger partial charge in [0.25, 0.3) is 0 Å². The fourth-order valence-corrected chi connectivity index (χ4v) is 0. The van der Waals surface area contributed by atoms with E-state index in [0.29, 0.717) is 0 Å². The van der Waals surface area contributed by atoms with Crippen molar-refractivity contribution in [3.63, 3.8) is 0 Å². The van der Waals surface area contributed by atoms with Crippen molar-refractivity contribution in [3.8, 4) is 0 Å². The van der Waals surface area contributed by atoms with Crippen LogP contribution in [0.15, 0.2) is 0 Å². The Kier molecular flexibility index (Phi) is 65.7. The molecular formula is FeO2Y. The first kappa shape index (κ1) is 8.97. The summed E-state index contributed by atoms with van der Waals surface area (Å²) in [5.41, 5.74) is 0. The van der Waals surface area contributed by atoms with Crippen LogP contribution in [0.25, 0.3) is 0 Å². The maximum atomic E-state index is 8.38. The van der Waals surface area contributed by atoms with Crippen LogP contribution in [-0.4, -0.2) is 0 Å². The summed E-state index contributed by atoms with van der Waals surface area (Å²) in [6.07, 6.45) is 0. The standard InChI is InChI=1S/Fe.2O.Y. The van der Waals surface area contributed by atoms with Crippen molar-refractivity contribution in [1.82, 2.24) is 0 Å². The monoisotopic (exact) mass is 177 g/mol. The van der Waals surface area contributed by atoms with Crippen molar-refractivity contribution < 1.29 is 52.8 Å². The van der Waals surface area contributed by atoms with Crippen LogP contribution >= 0.6 is 0 Å². The molecule has 0 aliphatic carbocycles. The Hall–Kier alpha value is 1.22. The summed E-state index contributed by atoms with van der Waals surface area (Å²) in [5, 5.41) is 0. The summed E-state index contributed by atoms with van der Waals surface area (Å²) in [5.74, 6) is 0. The van der Waals surface area contributed by atoms with Gasteiger partial charge < -0.3 is 0 Å². The summed E-state index contributed by atoms with van der Waals surface area (Å²) >= 11 is 2.10. The van der Waals surface area contributed by atoms with Crippen LogP contribution in [0.3, 0.4) is 0 Å². The van der Waals surface area contributed by atoms with E-state index in [1.807, 2.05) is 15.9 Å². The Balaban J connectivity index is 0. The SMILES string of the molecule is [O]=[Fe].[O]=[Y]. The second kappa shape index (κ2) is 29.3. The van der Waals surface area contributed by atoms with Gasteiger partial charge in [0, 0.05) is 0 Å². The van der Waals surface area contributed by atoms with E-state index in [2.05, 4.69) is 0 Å². The average molecular weight is 177 g/mol. The van der Waals surface area contributed by atoms with E-state index in [-0.39, 0.29) is 31.0 Å². The molecule has 0 aliphatic rings. The van der Waals surface area contributed by atoms with Gasteiger partial charge in [-0.1, -0.05) is 0 Å². The molecule has 0 rings (SSSR count). The molecule has 0 aromatic rings. The summed E-state index contributed by atoms with van der Waals surface area (Å²) in [4.78, 5) is 0. The third-order valence-corrected chi connectivity index (χ3v) is 0. The van der Waals surface area contributed by atoms with E-state index < -0.39 is 0 Å². The first-order chi connectivity index (χ1) is 2.00. The summed E-state index contributed by atoms with van der Waals surface area (Å²) in [6.45, 7) is 0. The van der Waals surface area contributed by atoms with Crippen LogP contribution < -0.4 is 0 Å². The zero-order valence-electron chi connectivity index (χ0n) is 1.75. The molecule has 0 bridgehead atoms. The van der Waals surface area contributed by atoms with E-state index >= 15 is 0 Å². The fraction of sp³-hybridized carbons (Fsp3) is 0. The fourth-order valence-electron chi connectivity index (χ4n) is 0. The molecule has 0 radical (unpaired) electrons. The normalized spacial score (nSPS) is 2.75. The topological polar surface area (TPSA) is 34.1 Å². The van der Waals surface area contributed by atoms with E-state index in [0.717, 1.165) is 0 Å². The third kappa shape index (κ3) is 10.6. The first-order valence-electron chi connectivity index (χ1n) is 0.380. The van der Waals surface area contributed by atoms with Crippen LogP contribution in [0.5, 0.6) is 0 Å². The van der Waals surface area contributed by atoms with Gasteiger partial charge in [0.1, 0.15) is 0 Å². The van der Waals surface area contributed by atoms with Crippen LogP contribution in [-0.2, 0) is 52.8 Å². The molecule has 0 amide bonds. The van der Waals surface area contributed by atoms with Gasteiger partial charge in [0.05, 0.1) is 0 Å². The quantitative estimate of drug-likeness (QED) is 0.478. The van der Waals surface area contributed by atoms with Gasteiger partial charge in [-0.15, -0.1) is 0 Å². The van der Waals surface area contributed by atoms with Gasteiger partial charge in [-0.05, 0) is 0 Å². The molecule has 0 aromatic heterocycles. The van der Waals surface area contributed by atoms with Gasteiger partial charge >= 0.3 is 52.8 Å². The molecule has 0 heterocycles. The van der Waals surface area contributed by atoms with Crippen LogP contribution in [0, 0.1) is 0 Å². The van der Waals surface area contributed by atoms with Crippen molar-refractivity contribution in [2.45, 2.75) is 0 Å². The molecule has 0 saturated carbocycles. The van der Waals surface area contributed by atoms with Crippen molar-refractivity contribution in [3.05, 3.63) is 0 Å². The van der Waals surface area contributed by atoms with Gasteiger partial charge in [0.2, 0.25) is 0 Å². The predicted octanol–water partition coefficient (Wildman–Crippen LogP) is -0.243. The van der Waals surface area contributed by atoms with Crippen molar-refractivity contribution in [1.29, 1.82) is 0 Å². The molecule has 0 N–H and O–H groups in total. The van der Waals surface area contributed by atoms with Crippen LogP contribution in [0.2, 0.25) is 0 Å². The second-order valence-electron chi connectivity index (χ2n) is 0. The van der Waals surface area contributed by atoms with E-state index in [4.69, 9.17) is 5.88 Å². The number of rotatable bonds is 0. The van der Waals surface area contributed by atoms with Gasteiger partial charge in [0.15, 0.2) is 0 Å². The van der Waals surface area contributed by atoms with Gasteiger partial charge in [-0.3, -0.25) is 0 Å². The van der Waals surface area contributed by atoms with E-state index in [1.165, 1.54) is 0 Å². The van der Waals surface area contributed by atoms with E-state index in [1.54, 1.807) is 0 Å². The minimum atomic E-state index is 0.100. The molecule has 4 heteroatoms. The third-order valence-electron chi connectivity index (χ3n) is 0. The molecule has 0 fully saturated rings. The summed E-state index contributed by atoms with van der Waals surface area (Å²) in [6, 6.07) is 0. The second-order valence-corrected chi connectivity index (χ2v) is 0. The molecule has 4 heavy (non-hydrogen) atoms. The van der Waals surface area contributed by atoms with Gasteiger partial charge in [-0.25, -0.2) is 0 Å². The Labute approximate surface area is 52.4 Å². The average Bonchev–Trinajstić information content (AvgIpc) is 1.50. The first-order valence-corrected chi connectivity index (χ1v) is 1.99. The van der Waals surface area contributed by atoms with Crippen molar-refractivity contribution in [2.24, 2.45) is 0 Å². The number of hydrogen-bond donors (Lipinski definition) is 0. The zero-order valence-corrected chi connectivity index (χ0v) is 5.69. The molecule has 0 atom stereocenters. The molecule has 0 unspecified atom stereocenters. The van der Waals surface area contributed by atoms with Crippen LogP contribution in [0.1, 0.15) is 0 Å². The molecule has 23 valence electrons. The minimum absolute atomic E-state index is 0.100. The molecule has 0 saturated heterocycles. The molecular weight excluding hydrogens is 177 g/mol. The van der Waals surface area contributed by atoms with Crippen molar-refractivity contribution >= 4 is 0 Å². The zero-order chi connectivity index (χ0) is 4.00. The van der Waals surface area contributed by atoms with E-state index in [9.17, 15) is 0 Å². The Bertz CT molecular complexity index is 8.00. The van der Waals surface area contributed by atoms with Crippen LogP contribution in [0.4, 0.5) is 0 Å². The molecule has 0 aliphatic heterocycles. The predicted molar refractivity (Wildman–Crippen MR) is 1.37 cm³/mol. The maximum absolute atomic E-state index is 8.38. The Morgan fingerprint density at radius 3 is 1.25 bits per heavy atom. The molecule has 0 aromatic carbocycles. The number of hydrogen-bond acceptors (Lipinski definition) is 2. The van der Waals surface area contributed by atoms with Crippen molar-refractivity contribution in [2.75, 3.05) is 0 Å². The molecule has 2 nitrogen and oxygen atoms in total. The Morgan fingerprint density at radius 2 is 1.25 bits per heavy atom. The Morgan fingerprint density at radius 1 is 1.25 bits per heavy atom.